The molecule has 17 heavy (non-hydrogen) atoms. The van der Waals surface area contributed by atoms with Gasteiger partial charge in [0.25, 0.3) is 0 Å². The second-order valence-electron chi connectivity index (χ2n) is 4.84. The summed E-state index contributed by atoms with van der Waals surface area (Å²) in [6, 6.07) is 5.50. The van der Waals surface area contributed by atoms with Crippen molar-refractivity contribution < 1.29 is 0 Å². The molecule has 1 rings (SSSR count). The number of hydrogen-bond acceptors (Lipinski definition) is 3. The lowest BCUT2D eigenvalue weighted by molar-refractivity contribution is 0.153. The van der Waals surface area contributed by atoms with Crippen molar-refractivity contribution in [1.82, 2.24) is 4.90 Å². The van der Waals surface area contributed by atoms with Crippen molar-refractivity contribution >= 4 is 11.3 Å². The number of hydrogen-bond donors (Lipinski definition) is 1. The van der Waals surface area contributed by atoms with Crippen molar-refractivity contribution in [1.29, 1.82) is 0 Å². The molecule has 0 aliphatic heterocycles. The maximum atomic E-state index is 6.31. The number of nitrogens with zero attached hydrogens (tertiary/aromatic N) is 1. The summed E-state index contributed by atoms with van der Waals surface area (Å²) in [5, 5.41) is 2.14. The molecule has 0 saturated carbocycles. The van der Waals surface area contributed by atoms with E-state index >= 15 is 0 Å². The third-order valence-electron chi connectivity index (χ3n) is 3.55. The molecule has 1 heterocycles. The van der Waals surface area contributed by atoms with Gasteiger partial charge in [-0.1, -0.05) is 26.3 Å². The number of likely N-dealkylation sites (N-methyl/N-ethyl adjacent to an activating group) is 1. The molecule has 2 nitrogen and oxygen atoms in total. The highest BCUT2D eigenvalue weighted by atomic mass is 32.1. The first-order valence-electron chi connectivity index (χ1n) is 6.62. The molecular formula is C14H26N2S. The second-order valence-corrected chi connectivity index (χ2v) is 5.81. The Labute approximate surface area is 110 Å². The van der Waals surface area contributed by atoms with Crippen molar-refractivity contribution in [2.75, 3.05) is 7.05 Å². The largest absolute Gasteiger partial charge is 0.326 e. The number of nitrogens with two attached hydrogens (primary N) is 1. The van der Waals surface area contributed by atoms with Crippen LogP contribution in [-0.4, -0.2) is 24.0 Å². The highest BCUT2D eigenvalue weighted by molar-refractivity contribution is 7.10. The molecule has 0 fully saturated rings. The quantitative estimate of drug-likeness (QED) is 0.805. The van der Waals surface area contributed by atoms with Gasteiger partial charge in [0.05, 0.1) is 6.04 Å². The van der Waals surface area contributed by atoms with Gasteiger partial charge in [-0.05, 0) is 38.3 Å². The Morgan fingerprint density at radius 2 is 2.12 bits per heavy atom. The van der Waals surface area contributed by atoms with Crippen LogP contribution in [0.3, 0.4) is 0 Å². The SMILES string of the molecule is CCCC(C)N(C)C(c1cccs1)C(N)CC. The molecule has 0 spiro atoms. The van der Waals surface area contributed by atoms with Crippen LogP contribution < -0.4 is 5.73 Å². The minimum Gasteiger partial charge on any atom is -0.326 e. The molecule has 98 valence electrons. The predicted octanol–water partition coefficient (Wildman–Crippen LogP) is 3.65. The van der Waals surface area contributed by atoms with Gasteiger partial charge in [0, 0.05) is 17.0 Å². The zero-order chi connectivity index (χ0) is 12.8. The molecular weight excluding hydrogens is 228 g/mol. The predicted molar refractivity (Wildman–Crippen MR) is 77.5 cm³/mol. The summed E-state index contributed by atoms with van der Waals surface area (Å²) in [5.74, 6) is 0. The third kappa shape index (κ3) is 3.80. The van der Waals surface area contributed by atoms with Crippen molar-refractivity contribution in [3.05, 3.63) is 22.4 Å². The van der Waals surface area contributed by atoms with Gasteiger partial charge in [-0.2, -0.15) is 0 Å². The highest BCUT2D eigenvalue weighted by Gasteiger charge is 2.26. The Morgan fingerprint density at radius 1 is 1.41 bits per heavy atom. The number of rotatable bonds is 7. The number of thiophene rings is 1. The topological polar surface area (TPSA) is 29.3 Å². The normalized spacial score (nSPS) is 17.1. The Balaban J connectivity index is 2.83. The molecule has 1 aromatic rings. The maximum absolute atomic E-state index is 6.31. The summed E-state index contributed by atoms with van der Waals surface area (Å²) in [7, 11) is 2.21. The average molecular weight is 254 g/mol. The standard InChI is InChI=1S/C14H26N2S/c1-5-8-11(3)16(4)14(12(15)6-2)13-9-7-10-17-13/h7,9-12,14H,5-6,8,15H2,1-4H3. The summed E-state index contributed by atoms with van der Waals surface area (Å²) in [6.45, 7) is 6.71. The molecule has 2 N–H and O–H groups in total. The van der Waals surface area contributed by atoms with Gasteiger partial charge in [0.2, 0.25) is 0 Å². The van der Waals surface area contributed by atoms with Gasteiger partial charge in [-0.15, -0.1) is 11.3 Å². The Morgan fingerprint density at radius 3 is 2.59 bits per heavy atom. The van der Waals surface area contributed by atoms with E-state index < -0.39 is 0 Å². The maximum Gasteiger partial charge on any atom is 0.0593 e. The van der Waals surface area contributed by atoms with E-state index in [0.29, 0.717) is 12.1 Å². The van der Waals surface area contributed by atoms with Gasteiger partial charge in [0.1, 0.15) is 0 Å². The zero-order valence-electron chi connectivity index (χ0n) is 11.5. The lowest BCUT2D eigenvalue weighted by Crippen LogP contribution is -2.42. The van der Waals surface area contributed by atoms with E-state index in [2.05, 4.69) is 50.2 Å². The van der Waals surface area contributed by atoms with E-state index in [1.807, 2.05) is 11.3 Å². The minimum absolute atomic E-state index is 0.220. The van der Waals surface area contributed by atoms with Crippen molar-refractivity contribution in [2.24, 2.45) is 5.73 Å². The van der Waals surface area contributed by atoms with E-state index in [9.17, 15) is 0 Å². The second kappa shape index (κ2) is 7.14. The Kier molecular flexibility index (Phi) is 6.17. The van der Waals surface area contributed by atoms with Gasteiger partial charge in [-0.25, -0.2) is 0 Å². The summed E-state index contributed by atoms with van der Waals surface area (Å²) in [6.07, 6.45) is 3.48. The van der Waals surface area contributed by atoms with E-state index in [-0.39, 0.29) is 6.04 Å². The first kappa shape index (κ1) is 14.7. The molecule has 3 unspecified atom stereocenters. The van der Waals surface area contributed by atoms with Gasteiger partial charge in [-0.3, -0.25) is 4.90 Å². The van der Waals surface area contributed by atoms with Crippen molar-refractivity contribution in [2.45, 2.75) is 58.2 Å². The summed E-state index contributed by atoms with van der Waals surface area (Å²) in [4.78, 5) is 3.84. The minimum atomic E-state index is 0.220. The molecule has 0 saturated heterocycles. The fourth-order valence-corrected chi connectivity index (χ4v) is 3.24. The van der Waals surface area contributed by atoms with Crippen LogP contribution in [-0.2, 0) is 0 Å². The van der Waals surface area contributed by atoms with Crippen molar-refractivity contribution in [3.63, 3.8) is 0 Å². The van der Waals surface area contributed by atoms with Gasteiger partial charge in [0.15, 0.2) is 0 Å². The Bertz CT molecular complexity index is 297. The molecule has 3 atom stereocenters. The molecule has 1 aromatic heterocycles. The van der Waals surface area contributed by atoms with E-state index in [1.165, 1.54) is 17.7 Å². The van der Waals surface area contributed by atoms with E-state index in [4.69, 9.17) is 5.73 Å². The van der Waals surface area contributed by atoms with Crippen LogP contribution in [0.2, 0.25) is 0 Å². The van der Waals surface area contributed by atoms with Crippen LogP contribution >= 0.6 is 11.3 Å². The van der Waals surface area contributed by atoms with E-state index in [1.54, 1.807) is 0 Å². The molecule has 0 amide bonds. The molecule has 0 radical (unpaired) electrons. The lowest BCUT2D eigenvalue weighted by Gasteiger charge is -2.36. The van der Waals surface area contributed by atoms with Crippen LogP contribution in [0, 0.1) is 0 Å². The summed E-state index contributed by atoms with van der Waals surface area (Å²) in [5.41, 5.74) is 6.31. The summed E-state index contributed by atoms with van der Waals surface area (Å²) >= 11 is 1.82. The Hall–Kier alpha value is -0.380. The van der Waals surface area contributed by atoms with Crippen LogP contribution in [0.1, 0.15) is 51.0 Å². The highest BCUT2D eigenvalue weighted by Crippen LogP contribution is 2.29. The monoisotopic (exact) mass is 254 g/mol. The molecule has 3 heteroatoms. The van der Waals surface area contributed by atoms with E-state index in [0.717, 1.165) is 6.42 Å². The molecule has 0 aliphatic rings. The molecule has 0 aromatic carbocycles. The first-order chi connectivity index (χ1) is 8.11. The first-order valence-corrected chi connectivity index (χ1v) is 7.50. The smallest absolute Gasteiger partial charge is 0.0593 e. The summed E-state index contributed by atoms with van der Waals surface area (Å²) < 4.78 is 0. The van der Waals surface area contributed by atoms with Crippen LogP contribution in [0.5, 0.6) is 0 Å². The van der Waals surface area contributed by atoms with Crippen LogP contribution in [0.15, 0.2) is 17.5 Å². The lowest BCUT2D eigenvalue weighted by atomic mass is 10.0. The van der Waals surface area contributed by atoms with Crippen LogP contribution in [0.25, 0.3) is 0 Å². The fourth-order valence-electron chi connectivity index (χ4n) is 2.29. The fraction of sp³-hybridized carbons (Fsp3) is 0.714. The molecule has 0 bridgehead atoms. The van der Waals surface area contributed by atoms with Crippen LogP contribution in [0.4, 0.5) is 0 Å². The molecule has 0 aliphatic carbocycles. The average Bonchev–Trinajstić information content (AvgIpc) is 2.82. The van der Waals surface area contributed by atoms with Gasteiger partial charge >= 0.3 is 0 Å². The van der Waals surface area contributed by atoms with Crippen molar-refractivity contribution in [3.8, 4) is 0 Å². The third-order valence-corrected chi connectivity index (χ3v) is 4.50. The zero-order valence-corrected chi connectivity index (χ0v) is 12.3. The van der Waals surface area contributed by atoms with Gasteiger partial charge < -0.3 is 5.73 Å².